The zero-order valence-electron chi connectivity index (χ0n) is 14.3. The van der Waals surface area contributed by atoms with Gasteiger partial charge in [-0.3, -0.25) is 4.79 Å². The molecule has 1 amide bonds. The second kappa shape index (κ2) is 5.75. The minimum Gasteiger partial charge on any atom is -0.360 e. The van der Waals surface area contributed by atoms with Crippen molar-refractivity contribution in [1.29, 1.82) is 0 Å². The molecule has 4 heteroatoms. The number of carbonyl (C=O) groups is 1. The number of halogens is 1. The van der Waals surface area contributed by atoms with Gasteiger partial charge in [0.15, 0.2) is 0 Å². The summed E-state index contributed by atoms with van der Waals surface area (Å²) in [5.74, 6) is 0.101. The molecular weight excluding hydrogens is 344 g/mol. The summed E-state index contributed by atoms with van der Waals surface area (Å²) in [5.41, 5.74) is 4.47. The highest BCUT2D eigenvalue weighted by Crippen LogP contribution is 2.43. The van der Waals surface area contributed by atoms with Crippen molar-refractivity contribution in [2.45, 2.75) is 18.3 Å². The fraction of sp³-hybridized carbons (Fsp3) is 0.227. The number of carbonyl (C=O) groups excluding carboxylic acids is 1. The van der Waals surface area contributed by atoms with Crippen LogP contribution in [-0.4, -0.2) is 28.9 Å². The fourth-order valence-electron chi connectivity index (χ4n) is 4.43. The number of likely N-dealkylation sites (tertiary alicyclic amines) is 1. The van der Waals surface area contributed by atoms with E-state index in [1.54, 1.807) is 6.20 Å². The van der Waals surface area contributed by atoms with Crippen molar-refractivity contribution in [3.63, 3.8) is 0 Å². The Morgan fingerprint density at radius 1 is 1.12 bits per heavy atom. The summed E-state index contributed by atoms with van der Waals surface area (Å²) in [7, 11) is 0. The predicted octanol–water partition coefficient (Wildman–Crippen LogP) is 5.02. The van der Waals surface area contributed by atoms with Crippen molar-refractivity contribution >= 4 is 34.5 Å². The predicted molar refractivity (Wildman–Crippen MR) is 106 cm³/mol. The summed E-state index contributed by atoms with van der Waals surface area (Å²) in [6.45, 7) is 1.55. The van der Waals surface area contributed by atoms with Crippen molar-refractivity contribution in [2.75, 3.05) is 13.1 Å². The molecule has 1 aliphatic heterocycles. The van der Waals surface area contributed by atoms with Crippen LogP contribution in [0.3, 0.4) is 0 Å². The Hall–Kier alpha value is -2.52. The zero-order chi connectivity index (χ0) is 17.7. The first-order valence-electron chi connectivity index (χ1n) is 9.01. The molecule has 1 fully saturated rings. The van der Waals surface area contributed by atoms with Crippen LogP contribution in [0.4, 0.5) is 0 Å². The maximum absolute atomic E-state index is 13.1. The Bertz CT molecular complexity index is 1040. The van der Waals surface area contributed by atoms with Gasteiger partial charge < -0.3 is 9.88 Å². The molecule has 0 atom stereocenters. The van der Waals surface area contributed by atoms with Gasteiger partial charge >= 0.3 is 0 Å². The summed E-state index contributed by atoms with van der Waals surface area (Å²) in [6, 6.07) is 14.2. The van der Waals surface area contributed by atoms with Crippen LogP contribution < -0.4 is 0 Å². The van der Waals surface area contributed by atoms with E-state index in [0.717, 1.165) is 42.4 Å². The first kappa shape index (κ1) is 15.7. The van der Waals surface area contributed by atoms with Gasteiger partial charge in [-0.05, 0) is 36.1 Å². The van der Waals surface area contributed by atoms with Crippen LogP contribution >= 0.6 is 11.6 Å². The number of nitrogens with zero attached hydrogens (tertiary/aromatic N) is 1. The Kier molecular flexibility index (Phi) is 3.47. The molecule has 2 aromatic carbocycles. The number of piperidine rings is 1. The van der Waals surface area contributed by atoms with Crippen LogP contribution in [0, 0.1) is 0 Å². The summed E-state index contributed by atoms with van der Waals surface area (Å²) in [5, 5.41) is 1.61. The van der Waals surface area contributed by atoms with Crippen molar-refractivity contribution in [1.82, 2.24) is 9.88 Å². The summed E-state index contributed by atoms with van der Waals surface area (Å²) in [4.78, 5) is 18.2. The van der Waals surface area contributed by atoms with E-state index in [-0.39, 0.29) is 11.3 Å². The molecule has 5 rings (SSSR count). The van der Waals surface area contributed by atoms with Crippen LogP contribution in [0.5, 0.6) is 0 Å². The van der Waals surface area contributed by atoms with Crippen molar-refractivity contribution in [3.05, 3.63) is 76.5 Å². The molecule has 26 heavy (non-hydrogen) atoms. The summed E-state index contributed by atoms with van der Waals surface area (Å²) in [6.07, 6.45) is 8.32. The number of benzene rings is 2. The Balaban J connectivity index is 1.39. The highest BCUT2D eigenvalue weighted by molar-refractivity contribution is 6.31. The Labute approximate surface area is 157 Å². The Morgan fingerprint density at radius 3 is 2.77 bits per heavy atom. The largest absolute Gasteiger partial charge is 0.360 e. The van der Waals surface area contributed by atoms with E-state index < -0.39 is 0 Å². The van der Waals surface area contributed by atoms with E-state index in [2.05, 4.69) is 41.4 Å². The number of fused-ring (bicyclic) bond motifs is 3. The van der Waals surface area contributed by atoms with Gasteiger partial charge in [-0.25, -0.2) is 0 Å². The number of rotatable bonds is 1. The third-order valence-corrected chi connectivity index (χ3v) is 6.13. The molecule has 0 unspecified atom stereocenters. The average Bonchev–Trinajstić information content (AvgIpc) is 3.24. The summed E-state index contributed by atoms with van der Waals surface area (Å²) >= 11 is 6.04. The second-order valence-corrected chi connectivity index (χ2v) is 7.70. The molecule has 1 aliphatic carbocycles. The molecule has 0 radical (unpaired) electrons. The van der Waals surface area contributed by atoms with Gasteiger partial charge in [0, 0.05) is 40.6 Å². The molecule has 0 saturated carbocycles. The number of amides is 1. The standard InChI is InChI=1S/C22H19ClN2O/c23-16-5-6-17-18(14-24-20(17)13-16)21(26)25-11-9-22(10-12-25)8-7-15-3-1-2-4-19(15)22/h1-8,13-14,24H,9-12H2. The van der Waals surface area contributed by atoms with Gasteiger partial charge in [-0.1, -0.05) is 54.1 Å². The lowest BCUT2D eigenvalue weighted by Crippen LogP contribution is -2.43. The van der Waals surface area contributed by atoms with Gasteiger partial charge in [-0.15, -0.1) is 0 Å². The van der Waals surface area contributed by atoms with Gasteiger partial charge in [0.1, 0.15) is 0 Å². The lowest BCUT2D eigenvalue weighted by atomic mass is 9.74. The van der Waals surface area contributed by atoms with Crippen molar-refractivity contribution < 1.29 is 4.79 Å². The van der Waals surface area contributed by atoms with Crippen LogP contribution in [0.2, 0.25) is 5.02 Å². The fourth-order valence-corrected chi connectivity index (χ4v) is 4.60. The quantitative estimate of drug-likeness (QED) is 0.648. The molecule has 3 nitrogen and oxygen atoms in total. The summed E-state index contributed by atoms with van der Waals surface area (Å²) < 4.78 is 0. The van der Waals surface area contributed by atoms with Gasteiger partial charge in [0.05, 0.1) is 5.56 Å². The third kappa shape index (κ3) is 2.31. The lowest BCUT2D eigenvalue weighted by Gasteiger charge is -2.39. The van der Waals surface area contributed by atoms with E-state index in [0.29, 0.717) is 5.02 Å². The average molecular weight is 363 g/mol. The minimum absolute atomic E-state index is 0.0983. The van der Waals surface area contributed by atoms with E-state index >= 15 is 0 Å². The highest BCUT2D eigenvalue weighted by atomic mass is 35.5. The van der Waals surface area contributed by atoms with Crippen molar-refractivity contribution in [2.24, 2.45) is 0 Å². The second-order valence-electron chi connectivity index (χ2n) is 7.26. The maximum atomic E-state index is 13.1. The van der Waals surface area contributed by atoms with E-state index in [1.165, 1.54) is 11.1 Å². The first-order valence-corrected chi connectivity index (χ1v) is 9.39. The van der Waals surface area contributed by atoms with Crippen LogP contribution in [0.25, 0.3) is 17.0 Å². The maximum Gasteiger partial charge on any atom is 0.256 e. The molecule has 3 aromatic rings. The van der Waals surface area contributed by atoms with Gasteiger partial charge in [-0.2, -0.15) is 0 Å². The number of aromatic amines is 1. The molecule has 2 heterocycles. The molecule has 1 spiro atoms. The highest BCUT2D eigenvalue weighted by Gasteiger charge is 2.39. The molecular formula is C22H19ClN2O. The lowest BCUT2D eigenvalue weighted by molar-refractivity contribution is 0.0692. The molecule has 130 valence electrons. The number of hydrogen-bond donors (Lipinski definition) is 1. The minimum atomic E-state index is 0.0983. The Morgan fingerprint density at radius 2 is 1.92 bits per heavy atom. The van der Waals surface area contributed by atoms with Crippen LogP contribution in [-0.2, 0) is 5.41 Å². The molecule has 1 saturated heterocycles. The van der Waals surface area contributed by atoms with E-state index in [1.807, 2.05) is 23.1 Å². The monoisotopic (exact) mass is 362 g/mol. The molecule has 0 bridgehead atoms. The number of aromatic nitrogens is 1. The smallest absolute Gasteiger partial charge is 0.256 e. The number of nitrogens with one attached hydrogen (secondary N) is 1. The van der Waals surface area contributed by atoms with Crippen LogP contribution in [0.15, 0.2) is 54.7 Å². The normalized spacial score (nSPS) is 17.8. The van der Waals surface area contributed by atoms with Crippen molar-refractivity contribution in [3.8, 4) is 0 Å². The number of hydrogen-bond acceptors (Lipinski definition) is 1. The third-order valence-electron chi connectivity index (χ3n) is 5.90. The van der Waals surface area contributed by atoms with Gasteiger partial charge in [0.25, 0.3) is 5.91 Å². The van der Waals surface area contributed by atoms with Crippen LogP contribution in [0.1, 0.15) is 34.3 Å². The zero-order valence-corrected chi connectivity index (χ0v) is 15.1. The van der Waals surface area contributed by atoms with E-state index in [4.69, 9.17) is 11.6 Å². The first-order chi connectivity index (χ1) is 12.7. The topological polar surface area (TPSA) is 36.1 Å². The van der Waals surface area contributed by atoms with Gasteiger partial charge in [0.2, 0.25) is 0 Å². The molecule has 1 aromatic heterocycles. The number of H-pyrrole nitrogens is 1. The van der Waals surface area contributed by atoms with E-state index in [9.17, 15) is 4.79 Å². The number of allylic oxidation sites excluding steroid dienone is 1. The molecule has 1 N–H and O–H groups in total. The molecule has 2 aliphatic rings. The SMILES string of the molecule is O=C(c1c[nH]c2cc(Cl)ccc12)N1CCC2(C=Cc3ccccc32)CC1.